The number of benzene rings is 1. The van der Waals surface area contributed by atoms with E-state index >= 15 is 0 Å². The number of rotatable bonds is 7. The first-order valence-electron chi connectivity index (χ1n) is 16.7. The first kappa shape index (κ1) is 31.3. The number of amides is 1. The Morgan fingerprint density at radius 3 is 2.55 bits per heavy atom. The predicted octanol–water partition coefficient (Wildman–Crippen LogP) is 4.62. The first-order valence-corrected chi connectivity index (χ1v) is 16.7. The summed E-state index contributed by atoms with van der Waals surface area (Å²) in [4.78, 5) is 27.5. The molecule has 14 nitrogen and oxygen atoms in total. The number of aromatic carboxylic acids is 1. The Kier molecular flexibility index (Phi) is 7.75. The molecule has 1 amide bonds. The van der Waals surface area contributed by atoms with Crippen LogP contribution in [0.2, 0.25) is 0 Å². The molecule has 2 aliphatic heterocycles. The number of hydrogen-bond acceptors (Lipinski definition) is 10. The third-order valence-corrected chi connectivity index (χ3v) is 10.8. The van der Waals surface area contributed by atoms with Crippen molar-refractivity contribution in [1.82, 2.24) is 45.1 Å². The van der Waals surface area contributed by atoms with E-state index in [1.165, 1.54) is 17.1 Å². The van der Waals surface area contributed by atoms with E-state index in [2.05, 4.69) is 35.3 Å². The number of alkyl halides is 2. The van der Waals surface area contributed by atoms with Crippen molar-refractivity contribution in [3.63, 3.8) is 0 Å². The Hall–Kier alpha value is -5.02. The average molecular weight is 675 g/mol. The summed E-state index contributed by atoms with van der Waals surface area (Å²) in [6, 6.07) is 6.45. The molecule has 3 aromatic heterocycles. The Bertz CT molecular complexity index is 1880. The van der Waals surface area contributed by atoms with Crippen LogP contribution in [0.3, 0.4) is 0 Å². The molecule has 256 valence electrons. The lowest BCUT2D eigenvalue weighted by molar-refractivity contribution is -0.129. The molecule has 2 saturated carbocycles. The maximum absolute atomic E-state index is 14.5. The molecule has 1 aromatic carbocycles. The van der Waals surface area contributed by atoms with Crippen molar-refractivity contribution >= 4 is 23.4 Å². The van der Waals surface area contributed by atoms with E-state index < -0.39 is 12.4 Å². The minimum atomic E-state index is -2.73. The fourth-order valence-electron chi connectivity index (χ4n) is 8.24. The number of carbonyl (C=O) groups is 2. The fourth-order valence-corrected chi connectivity index (χ4v) is 8.24. The molecule has 0 unspecified atom stereocenters. The number of carbonyl (C=O) groups excluding carboxylic acids is 1. The highest BCUT2D eigenvalue weighted by atomic mass is 19.3. The normalized spacial score (nSPS) is 23.3. The number of aromatic nitrogens is 8. The van der Waals surface area contributed by atoms with Gasteiger partial charge in [-0.1, -0.05) is 0 Å². The van der Waals surface area contributed by atoms with Crippen molar-refractivity contribution in [3.05, 3.63) is 58.7 Å². The van der Waals surface area contributed by atoms with E-state index in [9.17, 15) is 18.4 Å². The summed E-state index contributed by atoms with van der Waals surface area (Å²) in [5.41, 5.74) is 3.92. The Labute approximate surface area is 280 Å². The second kappa shape index (κ2) is 12.1. The summed E-state index contributed by atoms with van der Waals surface area (Å²) in [5.74, 6) is -0.0533. The number of fused-ring (bicyclic) bond motifs is 2. The minimum Gasteiger partial charge on any atom is -0.476 e. The van der Waals surface area contributed by atoms with Crippen LogP contribution in [0.1, 0.15) is 97.2 Å². The summed E-state index contributed by atoms with van der Waals surface area (Å²) in [6.07, 6.45) is 6.59. The lowest BCUT2D eigenvalue weighted by Gasteiger charge is -2.51. The quantitative estimate of drug-likeness (QED) is 0.292. The zero-order valence-electron chi connectivity index (χ0n) is 27.0. The number of ether oxygens (including phenoxy) is 1. The standard InChI is InChI=1S/C33H36F2N10O4/c1-19(46)42-12-8-26-24(17-42)31(43-11-2-3-20-13-28(44-18-36-40-41-44)23(30(34)35)14-27(20)43)39-45(26)21-6-9-33(10-7-21)15-22(16-33)49-29-5-4-25(32(47)48)37-38-29/h4-5,13-14,18,21-22,30H,2-3,6-12,15-17H2,1H3,(H,47,48). The number of nitrogens with zero attached hydrogens (tertiary/aromatic N) is 10. The van der Waals surface area contributed by atoms with Gasteiger partial charge in [0.15, 0.2) is 11.5 Å². The molecule has 2 fully saturated rings. The van der Waals surface area contributed by atoms with Gasteiger partial charge in [-0.3, -0.25) is 9.48 Å². The Morgan fingerprint density at radius 2 is 1.88 bits per heavy atom. The molecule has 49 heavy (non-hydrogen) atoms. The number of anilines is 2. The van der Waals surface area contributed by atoms with Gasteiger partial charge in [0.2, 0.25) is 11.8 Å². The summed E-state index contributed by atoms with van der Waals surface area (Å²) >= 11 is 0. The van der Waals surface area contributed by atoms with Crippen LogP contribution in [0, 0.1) is 5.41 Å². The van der Waals surface area contributed by atoms with Crippen LogP contribution in [0.5, 0.6) is 5.88 Å². The van der Waals surface area contributed by atoms with Crippen LogP contribution in [0.25, 0.3) is 5.69 Å². The van der Waals surface area contributed by atoms with Crippen molar-refractivity contribution < 1.29 is 28.2 Å². The maximum atomic E-state index is 14.5. The fraction of sp³-hybridized carbons (Fsp3) is 0.515. The topological polar surface area (TPSA) is 157 Å². The van der Waals surface area contributed by atoms with Gasteiger partial charge >= 0.3 is 5.97 Å². The molecule has 5 heterocycles. The van der Waals surface area contributed by atoms with E-state index in [1.807, 2.05) is 4.90 Å². The number of carboxylic acids is 1. The summed E-state index contributed by atoms with van der Waals surface area (Å²) < 4.78 is 38.4. The molecule has 4 aliphatic rings. The van der Waals surface area contributed by atoms with Gasteiger partial charge in [-0.25, -0.2) is 18.3 Å². The second-order valence-electron chi connectivity index (χ2n) is 13.7. The van der Waals surface area contributed by atoms with Crippen LogP contribution in [0.4, 0.5) is 20.3 Å². The maximum Gasteiger partial charge on any atom is 0.356 e. The van der Waals surface area contributed by atoms with Crippen LogP contribution >= 0.6 is 0 Å². The highest BCUT2D eigenvalue weighted by Crippen LogP contribution is 2.55. The highest BCUT2D eigenvalue weighted by molar-refractivity contribution is 5.85. The van der Waals surface area contributed by atoms with Gasteiger partial charge in [-0.2, -0.15) is 5.10 Å². The van der Waals surface area contributed by atoms with E-state index in [0.717, 1.165) is 74.0 Å². The smallest absolute Gasteiger partial charge is 0.356 e. The SMILES string of the molecule is CC(=O)N1CCc2c(c(N3CCCc4cc(-n5cnnn5)c(C(F)F)cc43)nn2C2CCC3(CC2)CC(Oc2ccc(C(=O)O)nn2)C3)C1. The van der Waals surface area contributed by atoms with Gasteiger partial charge in [0, 0.05) is 55.0 Å². The third kappa shape index (κ3) is 5.65. The van der Waals surface area contributed by atoms with Crippen LogP contribution in [-0.4, -0.2) is 81.3 Å². The van der Waals surface area contributed by atoms with Gasteiger partial charge in [0.1, 0.15) is 12.4 Å². The molecule has 1 spiro atoms. The number of carboxylic acid groups (broad SMARTS) is 1. The number of tetrazole rings is 1. The van der Waals surface area contributed by atoms with Gasteiger partial charge in [0.25, 0.3) is 6.43 Å². The van der Waals surface area contributed by atoms with Gasteiger partial charge in [0.05, 0.1) is 18.3 Å². The third-order valence-electron chi connectivity index (χ3n) is 10.8. The van der Waals surface area contributed by atoms with Crippen molar-refractivity contribution in [2.24, 2.45) is 5.41 Å². The zero-order valence-corrected chi connectivity index (χ0v) is 27.0. The van der Waals surface area contributed by atoms with E-state index in [0.29, 0.717) is 37.6 Å². The second-order valence-corrected chi connectivity index (χ2v) is 13.7. The summed E-state index contributed by atoms with van der Waals surface area (Å²) in [7, 11) is 0. The van der Waals surface area contributed by atoms with Gasteiger partial charge in [-0.05, 0) is 91.0 Å². The van der Waals surface area contributed by atoms with Crippen LogP contribution in [-0.2, 0) is 24.2 Å². The Balaban J connectivity index is 1.04. The molecule has 1 N–H and O–H groups in total. The molecule has 0 saturated heterocycles. The monoisotopic (exact) mass is 674 g/mol. The average Bonchev–Trinajstić information content (AvgIpc) is 3.76. The first-order chi connectivity index (χ1) is 23.7. The number of aryl methyl sites for hydroxylation is 1. The van der Waals surface area contributed by atoms with Crippen molar-refractivity contribution in [1.29, 1.82) is 0 Å². The molecule has 0 atom stereocenters. The van der Waals surface area contributed by atoms with Gasteiger partial charge < -0.3 is 19.6 Å². The van der Waals surface area contributed by atoms with Crippen molar-refractivity contribution in [2.75, 3.05) is 18.0 Å². The molecular weight excluding hydrogens is 638 g/mol. The summed E-state index contributed by atoms with van der Waals surface area (Å²) in [6.45, 7) is 3.25. The molecule has 0 bridgehead atoms. The van der Waals surface area contributed by atoms with Crippen molar-refractivity contribution in [3.8, 4) is 11.6 Å². The minimum absolute atomic E-state index is 0.000334. The predicted molar refractivity (Wildman–Crippen MR) is 169 cm³/mol. The van der Waals surface area contributed by atoms with Crippen molar-refractivity contribution in [2.45, 2.75) is 89.8 Å². The largest absolute Gasteiger partial charge is 0.476 e. The van der Waals surface area contributed by atoms with Crippen LogP contribution < -0.4 is 9.64 Å². The van der Waals surface area contributed by atoms with Crippen LogP contribution in [0.15, 0.2) is 30.6 Å². The van der Waals surface area contributed by atoms with Gasteiger partial charge in [-0.15, -0.1) is 15.3 Å². The highest BCUT2D eigenvalue weighted by Gasteiger charge is 2.48. The number of halogens is 2. The molecule has 8 rings (SSSR count). The lowest BCUT2D eigenvalue weighted by Crippen LogP contribution is -2.46. The lowest BCUT2D eigenvalue weighted by atomic mass is 9.58. The zero-order chi connectivity index (χ0) is 33.9. The number of hydrogen-bond donors (Lipinski definition) is 1. The molecular formula is C33H36F2N10O4. The van der Waals surface area contributed by atoms with E-state index in [-0.39, 0.29) is 40.4 Å². The van der Waals surface area contributed by atoms with E-state index in [4.69, 9.17) is 14.9 Å². The molecule has 16 heteroatoms. The molecule has 2 aliphatic carbocycles. The molecule has 4 aromatic rings. The Morgan fingerprint density at radius 1 is 1.06 bits per heavy atom. The van der Waals surface area contributed by atoms with E-state index in [1.54, 1.807) is 25.1 Å². The summed E-state index contributed by atoms with van der Waals surface area (Å²) in [5, 5.41) is 33.1. The molecule has 0 radical (unpaired) electrons.